The summed E-state index contributed by atoms with van der Waals surface area (Å²) in [4.78, 5) is 27.1. The minimum atomic E-state index is -0.567. The van der Waals surface area contributed by atoms with Crippen LogP contribution >= 0.6 is 27.5 Å². The normalized spacial score (nSPS) is 11.7. The van der Waals surface area contributed by atoms with Crippen molar-refractivity contribution in [2.45, 2.75) is 39.3 Å². The third-order valence-corrected chi connectivity index (χ3v) is 4.93. The Labute approximate surface area is 174 Å². The lowest BCUT2D eigenvalue weighted by Gasteiger charge is -2.29. The van der Waals surface area contributed by atoms with Crippen molar-refractivity contribution in [2.24, 2.45) is 0 Å². The highest BCUT2D eigenvalue weighted by atomic mass is 79.9. The molecule has 0 unspecified atom stereocenters. The molecule has 144 valence electrons. The number of carbonyl (C=O) groups excluding carboxylic acids is 2. The Hall–Kier alpha value is -1.85. The van der Waals surface area contributed by atoms with Crippen LogP contribution in [0.1, 0.15) is 31.4 Å². The lowest BCUT2D eigenvalue weighted by Crippen LogP contribution is -2.48. The summed E-state index contributed by atoms with van der Waals surface area (Å²) in [7, 11) is 0. The monoisotopic (exact) mass is 450 g/mol. The first kappa shape index (κ1) is 21.5. The second kappa shape index (κ2) is 10.5. The number of halogens is 2. The van der Waals surface area contributed by atoms with Crippen molar-refractivity contribution < 1.29 is 9.59 Å². The van der Waals surface area contributed by atoms with E-state index in [9.17, 15) is 9.59 Å². The van der Waals surface area contributed by atoms with Crippen LogP contribution in [0.15, 0.2) is 53.0 Å². The number of benzene rings is 2. The first-order chi connectivity index (χ1) is 12.9. The van der Waals surface area contributed by atoms with Crippen LogP contribution in [-0.2, 0) is 22.6 Å². The van der Waals surface area contributed by atoms with E-state index < -0.39 is 6.04 Å². The summed E-state index contributed by atoms with van der Waals surface area (Å²) in [5, 5.41) is 3.46. The summed E-state index contributed by atoms with van der Waals surface area (Å²) in [6, 6.07) is 14.4. The molecule has 0 aliphatic carbocycles. The molecule has 0 saturated heterocycles. The fourth-order valence-corrected chi connectivity index (χ4v) is 3.39. The minimum absolute atomic E-state index is 0.114. The van der Waals surface area contributed by atoms with Crippen LogP contribution in [-0.4, -0.2) is 29.3 Å². The lowest BCUT2D eigenvalue weighted by atomic mass is 10.1. The molecule has 0 aliphatic rings. The molecule has 2 amide bonds. The summed E-state index contributed by atoms with van der Waals surface area (Å²) in [6.45, 7) is 4.71. The van der Waals surface area contributed by atoms with E-state index in [2.05, 4.69) is 21.2 Å². The minimum Gasteiger partial charge on any atom is -0.354 e. The molecule has 0 aromatic heterocycles. The van der Waals surface area contributed by atoms with Crippen LogP contribution in [0.4, 0.5) is 0 Å². The highest BCUT2D eigenvalue weighted by Crippen LogP contribution is 2.17. The number of rotatable bonds is 8. The molecule has 0 heterocycles. The molecule has 6 heteroatoms. The average Bonchev–Trinajstić information content (AvgIpc) is 2.63. The van der Waals surface area contributed by atoms with E-state index in [-0.39, 0.29) is 18.2 Å². The van der Waals surface area contributed by atoms with Crippen LogP contribution in [0.25, 0.3) is 0 Å². The number of nitrogens with one attached hydrogen (secondary N) is 1. The maximum Gasteiger partial charge on any atom is 0.242 e. The van der Waals surface area contributed by atoms with Gasteiger partial charge in [0.05, 0.1) is 6.42 Å². The molecule has 4 nitrogen and oxygen atoms in total. The predicted molar refractivity (Wildman–Crippen MR) is 113 cm³/mol. The molecule has 1 N–H and O–H groups in total. The first-order valence-electron chi connectivity index (χ1n) is 8.96. The van der Waals surface area contributed by atoms with Crippen molar-refractivity contribution in [3.8, 4) is 0 Å². The summed E-state index contributed by atoms with van der Waals surface area (Å²) >= 11 is 9.48. The van der Waals surface area contributed by atoms with Crippen molar-refractivity contribution in [1.29, 1.82) is 0 Å². The first-order valence-corrected chi connectivity index (χ1v) is 10.1. The van der Waals surface area contributed by atoms with E-state index in [1.54, 1.807) is 24.0 Å². The third kappa shape index (κ3) is 6.67. The van der Waals surface area contributed by atoms with E-state index in [0.29, 0.717) is 18.1 Å². The summed E-state index contributed by atoms with van der Waals surface area (Å²) in [5.41, 5.74) is 1.78. The molecule has 1 atom stereocenters. The number of carbonyl (C=O) groups is 2. The van der Waals surface area contributed by atoms with Gasteiger partial charge >= 0.3 is 0 Å². The molecule has 0 radical (unpaired) electrons. The molecule has 27 heavy (non-hydrogen) atoms. The van der Waals surface area contributed by atoms with Gasteiger partial charge in [-0.1, -0.05) is 58.7 Å². The zero-order chi connectivity index (χ0) is 19.8. The summed E-state index contributed by atoms with van der Waals surface area (Å²) in [5.74, 6) is -0.261. The molecule has 0 saturated carbocycles. The topological polar surface area (TPSA) is 49.4 Å². The predicted octanol–water partition coefficient (Wildman–Crippen LogP) is 4.59. The Balaban J connectivity index is 2.21. The second-order valence-corrected chi connectivity index (χ2v) is 7.78. The number of hydrogen-bond acceptors (Lipinski definition) is 2. The molecular weight excluding hydrogens is 428 g/mol. The van der Waals surface area contributed by atoms with Crippen LogP contribution in [0.2, 0.25) is 5.02 Å². The fourth-order valence-electron chi connectivity index (χ4n) is 2.73. The zero-order valence-corrected chi connectivity index (χ0v) is 17.9. The maximum absolute atomic E-state index is 13.0. The molecule has 2 aromatic rings. The van der Waals surface area contributed by atoms with Crippen molar-refractivity contribution in [1.82, 2.24) is 10.2 Å². The van der Waals surface area contributed by atoms with Gasteiger partial charge in [-0.3, -0.25) is 9.59 Å². The van der Waals surface area contributed by atoms with Gasteiger partial charge in [0.15, 0.2) is 0 Å². The molecule has 0 spiro atoms. The van der Waals surface area contributed by atoms with Gasteiger partial charge in [-0.2, -0.15) is 0 Å². The summed E-state index contributed by atoms with van der Waals surface area (Å²) in [6.07, 6.45) is 1.04. The Morgan fingerprint density at radius 2 is 1.85 bits per heavy atom. The van der Waals surface area contributed by atoms with Crippen LogP contribution in [0.5, 0.6) is 0 Å². The largest absolute Gasteiger partial charge is 0.354 e. The fraction of sp³-hybridized carbons (Fsp3) is 0.333. The quantitative estimate of drug-likeness (QED) is 0.638. The van der Waals surface area contributed by atoms with Crippen molar-refractivity contribution in [3.63, 3.8) is 0 Å². The van der Waals surface area contributed by atoms with Gasteiger partial charge in [0.25, 0.3) is 0 Å². The average molecular weight is 452 g/mol. The van der Waals surface area contributed by atoms with E-state index in [1.807, 2.05) is 43.3 Å². The van der Waals surface area contributed by atoms with E-state index in [1.165, 1.54) is 0 Å². The number of nitrogens with zero attached hydrogens (tertiary/aromatic N) is 1. The molecule has 0 fully saturated rings. The van der Waals surface area contributed by atoms with Crippen LogP contribution in [0.3, 0.4) is 0 Å². The number of amides is 2. The smallest absolute Gasteiger partial charge is 0.242 e. The van der Waals surface area contributed by atoms with E-state index in [4.69, 9.17) is 11.6 Å². The van der Waals surface area contributed by atoms with Crippen molar-refractivity contribution in [3.05, 3.63) is 69.2 Å². The zero-order valence-electron chi connectivity index (χ0n) is 15.5. The van der Waals surface area contributed by atoms with Crippen LogP contribution in [0, 0.1) is 0 Å². The number of hydrogen-bond donors (Lipinski definition) is 1. The van der Waals surface area contributed by atoms with E-state index in [0.717, 1.165) is 22.0 Å². The third-order valence-electron chi connectivity index (χ3n) is 4.20. The van der Waals surface area contributed by atoms with E-state index >= 15 is 0 Å². The molecular formula is C21H24BrClN2O2. The van der Waals surface area contributed by atoms with Gasteiger partial charge in [-0.15, -0.1) is 0 Å². The van der Waals surface area contributed by atoms with Crippen molar-refractivity contribution in [2.75, 3.05) is 6.54 Å². The van der Waals surface area contributed by atoms with Gasteiger partial charge < -0.3 is 10.2 Å². The Kier molecular flexibility index (Phi) is 8.32. The second-order valence-electron chi connectivity index (χ2n) is 6.43. The molecule has 2 aromatic carbocycles. The molecule has 0 bridgehead atoms. The van der Waals surface area contributed by atoms with Gasteiger partial charge in [-0.25, -0.2) is 0 Å². The van der Waals surface area contributed by atoms with Crippen LogP contribution < -0.4 is 5.32 Å². The highest BCUT2D eigenvalue weighted by Gasteiger charge is 2.26. The van der Waals surface area contributed by atoms with Gasteiger partial charge in [0, 0.05) is 22.6 Å². The Morgan fingerprint density at radius 1 is 1.15 bits per heavy atom. The Bertz CT molecular complexity index is 797. The Morgan fingerprint density at radius 3 is 2.52 bits per heavy atom. The van der Waals surface area contributed by atoms with Gasteiger partial charge in [-0.05, 0) is 48.7 Å². The standard InChI is InChI=1S/C21H24BrClN2O2/c1-3-10-24-21(27)15(2)25(14-17-7-4-8-18(22)11-17)20(26)13-16-6-5-9-19(23)12-16/h4-9,11-12,15H,3,10,13-14H2,1-2H3,(H,24,27)/t15-/m1/s1. The lowest BCUT2D eigenvalue weighted by molar-refractivity contribution is -0.140. The van der Waals surface area contributed by atoms with Gasteiger partial charge in [0.1, 0.15) is 6.04 Å². The van der Waals surface area contributed by atoms with Crippen molar-refractivity contribution >= 4 is 39.3 Å². The maximum atomic E-state index is 13.0. The molecule has 0 aliphatic heterocycles. The SMILES string of the molecule is CCCNC(=O)[C@@H](C)N(Cc1cccc(Br)c1)C(=O)Cc1cccc(Cl)c1. The highest BCUT2D eigenvalue weighted by molar-refractivity contribution is 9.10. The summed E-state index contributed by atoms with van der Waals surface area (Å²) < 4.78 is 0.935. The molecule has 2 rings (SSSR count). The van der Waals surface area contributed by atoms with Gasteiger partial charge in [0.2, 0.25) is 11.8 Å².